The standard InChI is InChI=1S/C15H19N3O3/c1-11(2)21-15-6-5-14(18(19)20)9-12(15)10-17(8-7-16)13-3-4-13/h5-6,9,11,13H,3-4,8,10H2,1-2H3. The summed E-state index contributed by atoms with van der Waals surface area (Å²) in [4.78, 5) is 12.6. The van der Waals surface area contributed by atoms with E-state index < -0.39 is 4.92 Å². The van der Waals surface area contributed by atoms with Crippen LogP contribution in [0.25, 0.3) is 0 Å². The van der Waals surface area contributed by atoms with Gasteiger partial charge in [0.25, 0.3) is 5.69 Å². The number of nitro groups is 1. The predicted octanol–water partition coefficient (Wildman–Crippen LogP) is 2.87. The van der Waals surface area contributed by atoms with Crippen molar-refractivity contribution >= 4 is 5.69 Å². The van der Waals surface area contributed by atoms with Crippen LogP contribution < -0.4 is 4.74 Å². The molecule has 1 saturated carbocycles. The van der Waals surface area contributed by atoms with Crippen molar-refractivity contribution in [2.24, 2.45) is 0 Å². The zero-order valence-corrected chi connectivity index (χ0v) is 12.3. The lowest BCUT2D eigenvalue weighted by molar-refractivity contribution is -0.385. The van der Waals surface area contributed by atoms with Gasteiger partial charge in [0.15, 0.2) is 0 Å². The molecule has 1 aromatic rings. The first-order chi connectivity index (χ1) is 10.0. The second kappa shape index (κ2) is 6.55. The van der Waals surface area contributed by atoms with Gasteiger partial charge >= 0.3 is 0 Å². The van der Waals surface area contributed by atoms with Crippen LogP contribution in [0.4, 0.5) is 5.69 Å². The molecule has 0 radical (unpaired) electrons. The lowest BCUT2D eigenvalue weighted by Crippen LogP contribution is -2.26. The molecule has 0 bridgehead atoms. The van der Waals surface area contributed by atoms with Gasteiger partial charge in [0.1, 0.15) is 5.75 Å². The number of hydrogen-bond donors (Lipinski definition) is 0. The van der Waals surface area contributed by atoms with Crippen molar-refractivity contribution in [2.75, 3.05) is 6.54 Å². The van der Waals surface area contributed by atoms with E-state index in [0.29, 0.717) is 24.9 Å². The quantitative estimate of drug-likeness (QED) is 0.438. The lowest BCUT2D eigenvalue weighted by Gasteiger charge is -2.21. The molecular formula is C15H19N3O3. The predicted molar refractivity (Wildman–Crippen MR) is 77.9 cm³/mol. The summed E-state index contributed by atoms with van der Waals surface area (Å²) in [7, 11) is 0. The molecule has 0 aromatic heterocycles. The van der Waals surface area contributed by atoms with E-state index in [1.165, 1.54) is 6.07 Å². The van der Waals surface area contributed by atoms with Crippen molar-refractivity contribution in [2.45, 2.75) is 45.4 Å². The van der Waals surface area contributed by atoms with Gasteiger partial charge in [-0.25, -0.2) is 0 Å². The van der Waals surface area contributed by atoms with Gasteiger partial charge in [0, 0.05) is 30.3 Å². The van der Waals surface area contributed by atoms with E-state index in [0.717, 1.165) is 18.4 Å². The highest BCUT2D eigenvalue weighted by Crippen LogP contribution is 2.32. The van der Waals surface area contributed by atoms with Gasteiger partial charge in [0.2, 0.25) is 0 Å². The maximum absolute atomic E-state index is 10.9. The van der Waals surface area contributed by atoms with Crippen LogP contribution in [0.2, 0.25) is 0 Å². The van der Waals surface area contributed by atoms with Crippen LogP contribution in [0.5, 0.6) is 5.75 Å². The van der Waals surface area contributed by atoms with Gasteiger partial charge in [-0.05, 0) is 32.8 Å². The molecule has 1 fully saturated rings. The van der Waals surface area contributed by atoms with Gasteiger partial charge in [-0.3, -0.25) is 15.0 Å². The Morgan fingerprint density at radius 2 is 2.24 bits per heavy atom. The molecular weight excluding hydrogens is 270 g/mol. The van der Waals surface area contributed by atoms with Crippen molar-refractivity contribution in [1.82, 2.24) is 4.90 Å². The summed E-state index contributed by atoms with van der Waals surface area (Å²) in [6, 6.07) is 7.21. The molecule has 6 nitrogen and oxygen atoms in total. The smallest absolute Gasteiger partial charge is 0.270 e. The number of rotatable bonds is 7. The Morgan fingerprint density at radius 3 is 2.76 bits per heavy atom. The second-order valence-corrected chi connectivity index (χ2v) is 5.51. The van der Waals surface area contributed by atoms with Gasteiger partial charge in [-0.2, -0.15) is 5.26 Å². The van der Waals surface area contributed by atoms with Crippen LogP contribution in [-0.4, -0.2) is 28.5 Å². The Bertz CT molecular complexity index is 562. The van der Waals surface area contributed by atoms with Crippen LogP contribution in [0.15, 0.2) is 18.2 Å². The van der Waals surface area contributed by atoms with Crippen LogP contribution in [0.3, 0.4) is 0 Å². The van der Waals surface area contributed by atoms with E-state index in [1.54, 1.807) is 12.1 Å². The van der Waals surface area contributed by atoms with E-state index >= 15 is 0 Å². The summed E-state index contributed by atoms with van der Waals surface area (Å²) in [5.41, 5.74) is 0.814. The van der Waals surface area contributed by atoms with Crippen LogP contribution in [0, 0.1) is 21.4 Å². The summed E-state index contributed by atoms with van der Waals surface area (Å²) in [5, 5.41) is 19.9. The summed E-state index contributed by atoms with van der Waals surface area (Å²) in [6.07, 6.45) is 2.16. The fourth-order valence-corrected chi connectivity index (χ4v) is 2.24. The van der Waals surface area contributed by atoms with E-state index in [4.69, 9.17) is 10.00 Å². The molecule has 1 aliphatic carbocycles. The molecule has 0 spiro atoms. The average Bonchev–Trinajstić information content (AvgIpc) is 3.23. The van der Waals surface area contributed by atoms with Gasteiger partial charge in [-0.1, -0.05) is 0 Å². The molecule has 0 unspecified atom stereocenters. The zero-order valence-electron chi connectivity index (χ0n) is 12.3. The second-order valence-electron chi connectivity index (χ2n) is 5.51. The Labute approximate surface area is 124 Å². The fraction of sp³-hybridized carbons (Fsp3) is 0.533. The molecule has 1 aromatic carbocycles. The fourth-order valence-electron chi connectivity index (χ4n) is 2.24. The zero-order chi connectivity index (χ0) is 15.4. The van der Waals surface area contributed by atoms with Crippen LogP contribution in [-0.2, 0) is 6.54 Å². The van der Waals surface area contributed by atoms with Gasteiger partial charge in [0.05, 0.1) is 23.6 Å². The van der Waals surface area contributed by atoms with Gasteiger partial charge < -0.3 is 4.74 Å². The molecule has 1 aliphatic rings. The maximum atomic E-state index is 10.9. The van der Waals surface area contributed by atoms with E-state index in [9.17, 15) is 10.1 Å². The number of non-ortho nitro benzene ring substituents is 1. The SMILES string of the molecule is CC(C)Oc1ccc([N+](=O)[O-])cc1CN(CC#N)C1CC1. The minimum atomic E-state index is -0.408. The van der Waals surface area contributed by atoms with Crippen molar-refractivity contribution in [3.63, 3.8) is 0 Å². The summed E-state index contributed by atoms with van der Waals surface area (Å²) in [6.45, 7) is 4.66. The molecule has 21 heavy (non-hydrogen) atoms. The van der Waals surface area contributed by atoms with E-state index in [-0.39, 0.29) is 11.8 Å². The van der Waals surface area contributed by atoms with Crippen molar-refractivity contribution in [1.29, 1.82) is 5.26 Å². The van der Waals surface area contributed by atoms with Crippen molar-refractivity contribution in [3.05, 3.63) is 33.9 Å². The highest BCUT2D eigenvalue weighted by atomic mass is 16.6. The molecule has 0 heterocycles. The summed E-state index contributed by atoms with van der Waals surface area (Å²) in [5.74, 6) is 0.652. The maximum Gasteiger partial charge on any atom is 0.270 e. The number of nitriles is 1. The molecule has 2 rings (SSSR count). The Kier molecular flexibility index (Phi) is 4.76. The number of benzene rings is 1. The molecule has 112 valence electrons. The molecule has 0 N–H and O–H groups in total. The largest absolute Gasteiger partial charge is 0.491 e. The third kappa shape index (κ3) is 4.17. The third-order valence-corrected chi connectivity index (χ3v) is 3.33. The minimum absolute atomic E-state index is 0.00412. The Balaban J connectivity index is 2.26. The number of ether oxygens (including phenoxy) is 1. The minimum Gasteiger partial charge on any atom is -0.491 e. The highest BCUT2D eigenvalue weighted by Gasteiger charge is 2.29. The molecule has 0 amide bonds. The topological polar surface area (TPSA) is 79.4 Å². The van der Waals surface area contributed by atoms with Crippen molar-refractivity contribution in [3.8, 4) is 11.8 Å². The Morgan fingerprint density at radius 1 is 1.52 bits per heavy atom. The number of nitrogens with zero attached hydrogens (tertiary/aromatic N) is 3. The normalized spacial score (nSPS) is 14.2. The number of hydrogen-bond acceptors (Lipinski definition) is 5. The lowest BCUT2D eigenvalue weighted by atomic mass is 10.1. The molecule has 6 heteroatoms. The number of nitro benzene ring substituents is 1. The van der Waals surface area contributed by atoms with Crippen LogP contribution >= 0.6 is 0 Å². The van der Waals surface area contributed by atoms with Gasteiger partial charge in [-0.15, -0.1) is 0 Å². The first-order valence-electron chi connectivity index (χ1n) is 7.06. The monoisotopic (exact) mass is 289 g/mol. The summed E-state index contributed by atoms with van der Waals surface area (Å²) >= 11 is 0. The molecule has 0 atom stereocenters. The van der Waals surface area contributed by atoms with Crippen molar-refractivity contribution < 1.29 is 9.66 Å². The van der Waals surface area contributed by atoms with E-state index in [1.807, 2.05) is 18.7 Å². The first-order valence-corrected chi connectivity index (χ1v) is 7.06. The molecule has 0 saturated heterocycles. The molecule has 0 aliphatic heterocycles. The Hall–Kier alpha value is -2.13. The average molecular weight is 289 g/mol. The highest BCUT2D eigenvalue weighted by molar-refractivity contribution is 5.44. The third-order valence-electron chi connectivity index (χ3n) is 3.33. The summed E-state index contributed by atoms with van der Waals surface area (Å²) < 4.78 is 5.73. The first kappa shape index (κ1) is 15.3. The van der Waals surface area contributed by atoms with E-state index in [2.05, 4.69) is 6.07 Å². The van der Waals surface area contributed by atoms with Crippen LogP contribution in [0.1, 0.15) is 32.3 Å².